The van der Waals surface area contributed by atoms with E-state index in [1.165, 1.54) is 12.2 Å². The molecule has 4 aliphatic heterocycles. The molecule has 0 aliphatic carbocycles. The minimum atomic E-state index is -1.08. The highest BCUT2D eigenvalue weighted by molar-refractivity contribution is 6.12. The number of nitrogens with zero attached hydrogens (tertiary/aromatic N) is 2. The number of hydrogen-bond donors (Lipinski definition) is 4. The molecule has 0 saturated carbocycles. The average Bonchev–Trinajstić information content (AvgIpc) is 3.33. The first-order valence-electron chi connectivity index (χ1n) is 13.5. The van der Waals surface area contributed by atoms with Gasteiger partial charge in [-0.15, -0.1) is 0 Å². The Labute approximate surface area is 229 Å². The molecule has 6 atom stereocenters. The van der Waals surface area contributed by atoms with E-state index in [4.69, 9.17) is 0 Å². The number of Topliss-reactive ketones (excluding diaryl/α,β-unsaturated/α-hetero) is 2. The van der Waals surface area contributed by atoms with Crippen LogP contribution in [0.25, 0.3) is 0 Å². The standard InChI is InChI=1S/C29H40N4O6/c1-14(2)9-22(36)30-26-18(24(38)28(7)12-20(34)16(5)32(26)28)11-19-25(39)29(8)13-21(35)17(6)33(29)27(19)31-23(37)10-15(3)4/h9-10,16-17,20-21,34-35H,11-13H2,1-8H3,(H,30,36)(H,31,37)/t16-,17-,20-,21-,28-,29+/m0/s1. The lowest BCUT2D eigenvalue weighted by atomic mass is 9.85. The summed E-state index contributed by atoms with van der Waals surface area (Å²) < 4.78 is 0. The van der Waals surface area contributed by atoms with Gasteiger partial charge in [0.1, 0.15) is 22.7 Å². The first kappa shape index (κ1) is 28.8. The highest BCUT2D eigenvalue weighted by Crippen LogP contribution is 2.49. The molecular weight excluding hydrogens is 500 g/mol. The number of aliphatic hydroxyl groups is 2. The van der Waals surface area contributed by atoms with Gasteiger partial charge in [0.2, 0.25) is 11.8 Å². The van der Waals surface area contributed by atoms with Gasteiger partial charge < -0.3 is 30.6 Å². The van der Waals surface area contributed by atoms with Gasteiger partial charge in [-0.25, -0.2) is 0 Å². The molecule has 2 saturated heterocycles. The molecule has 4 N–H and O–H groups in total. The summed E-state index contributed by atoms with van der Waals surface area (Å²) in [5, 5.41) is 27.0. The number of carbonyl (C=O) groups excluding carboxylic acids is 4. The van der Waals surface area contributed by atoms with Crippen molar-refractivity contribution >= 4 is 23.4 Å². The zero-order chi connectivity index (χ0) is 29.2. The van der Waals surface area contributed by atoms with Gasteiger partial charge in [-0.1, -0.05) is 11.1 Å². The maximum Gasteiger partial charge on any atom is 0.249 e. The average molecular weight is 541 g/mol. The molecule has 0 aromatic heterocycles. The van der Waals surface area contributed by atoms with Gasteiger partial charge in [0.15, 0.2) is 11.6 Å². The number of carbonyl (C=O) groups is 4. The van der Waals surface area contributed by atoms with Crippen LogP contribution in [-0.2, 0) is 19.2 Å². The predicted octanol–water partition coefficient (Wildman–Crippen LogP) is 1.56. The number of fused-ring (bicyclic) bond motifs is 2. The van der Waals surface area contributed by atoms with Crippen molar-refractivity contribution in [3.05, 3.63) is 46.1 Å². The molecule has 0 bridgehead atoms. The van der Waals surface area contributed by atoms with Crippen LogP contribution < -0.4 is 10.6 Å². The molecule has 4 aliphatic rings. The molecule has 4 heterocycles. The Morgan fingerprint density at radius 1 is 0.795 bits per heavy atom. The number of ketones is 2. The van der Waals surface area contributed by atoms with Crippen LogP contribution in [0.1, 0.15) is 74.7 Å². The second-order valence-corrected chi connectivity index (χ2v) is 12.2. The van der Waals surface area contributed by atoms with Crippen LogP contribution >= 0.6 is 0 Å². The Balaban J connectivity index is 1.86. The lowest BCUT2D eigenvalue weighted by molar-refractivity contribution is -0.123. The number of rotatable bonds is 6. The third kappa shape index (κ3) is 4.53. The van der Waals surface area contributed by atoms with Gasteiger partial charge in [-0.05, 0) is 55.4 Å². The van der Waals surface area contributed by atoms with E-state index < -0.39 is 47.2 Å². The van der Waals surface area contributed by atoms with Crippen molar-refractivity contribution < 1.29 is 29.4 Å². The molecule has 2 fully saturated rings. The molecule has 0 aromatic carbocycles. The summed E-state index contributed by atoms with van der Waals surface area (Å²) in [5.74, 6) is -0.843. The lowest BCUT2D eigenvalue weighted by Crippen LogP contribution is -2.47. The summed E-state index contributed by atoms with van der Waals surface area (Å²) in [5.41, 5.74) is -0.118. The monoisotopic (exact) mass is 540 g/mol. The van der Waals surface area contributed by atoms with Crippen LogP contribution in [0.2, 0.25) is 0 Å². The molecule has 10 nitrogen and oxygen atoms in total. The number of aliphatic hydroxyl groups excluding tert-OH is 2. The second-order valence-electron chi connectivity index (χ2n) is 12.2. The molecular formula is C29H40N4O6. The number of allylic oxidation sites excluding steroid dienone is 2. The van der Waals surface area contributed by atoms with E-state index >= 15 is 0 Å². The van der Waals surface area contributed by atoms with E-state index in [1.807, 2.05) is 0 Å². The normalized spacial score (nSPS) is 33.5. The van der Waals surface area contributed by atoms with Crippen molar-refractivity contribution in [3.63, 3.8) is 0 Å². The molecule has 2 amide bonds. The third-order valence-corrected chi connectivity index (χ3v) is 8.46. The Morgan fingerprint density at radius 2 is 1.13 bits per heavy atom. The van der Waals surface area contributed by atoms with E-state index in [1.54, 1.807) is 65.2 Å². The lowest BCUT2D eigenvalue weighted by Gasteiger charge is -2.33. The summed E-state index contributed by atoms with van der Waals surface area (Å²) in [6, 6.07) is -0.890. The molecule has 0 spiro atoms. The van der Waals surface area contributed by atoms with Gasteiger partial charge >= 0.3 is 0 Å². The fraction of sp³-hybridized carbons (Fsp3) is 0.586. The van der Waals surface area contributed by atoms with Crippen molar-refractivity contribution in [2.45, 2.75) is 110 Å². The van der Waals surface area contributed by atoms with Gasteiger partial charge in [-0.2, -0.15) is 0 Å². The summed E-state index contributed by atoms with van der Waals surface area (Å²) >= 11 is 0. The van der Waals surface area contributed by atoms with E-state index in [0.717, 1.165) is 11.1 Å². The molecule has 4 rings (SSSR count). The Kier molecular flexibility index (Phi) is 7.19. The second kappa shape index (κ2) is 9.75. The molecule has 39 heavy (non-hydrogen) atoms. The van der Waals surface area contributed by atoms with Crippen molar-refractivity contribution in [1.82, 2.24) is 20.4 Å². The van der Waals surface area contributed by atoms with Gasteiger partial charge in [0.25, 0.3) is 0 Å². The SMILES string of the molecule is CC(C)=CC(=O)NC1=C(CC2=C(NC(=O)C=C(C)C)N3[C@@H](C)[C@@H](O)C[C@]3(C)C2=O)C(=O)[C@]2(C)C[C@H](O)[C@H](C)N12. The summed E-state index contributed by atoms with van der Waals surface area (Å²) in [4.78, 5) is 57.1. The fourth-order valence-corrected chi connectivity index (χ4v) is 6.66. The number of amides is 2. The first-order chi connectivity index (χ1) is 18.0. The van der Waals surface area contributed by atoms with E-state index in [9.17, 15) is 29.4 Å². The minimum absolute atomic E-state index is 0.115. The van der Waals surface area contributed by atoms with Gasteiger partial charge in [0, 0.05) is 42.6 Å². The molecule has 10 heteroatoms. The van der Waals surface area contributed by atoms with E-state index in [2.05, 4.69) is 10.6 Å². The molecule has 212 valence electrons. The Hall–Kier alpha value is -3.24. The van der Waals surface area contributed by atoms with Gasteiger partial charge in [0.05, 0.1) is 24.3 Å². The zero-order valence-electron chi connectivity index (χ0n) is 24.0. The Morgan fingerprint density at radius 3 is 1.44 bits per heavy atom. The molecule has 0 radical (unpaired) electrons. The van der Waals surface area contributed by atoms with Crippen molar-refractivity contribution in [2.24, 2.45) is 0 Å². The van der Waals surface area contributed by atoms with Crippen LogP contribution in [0.4, 0.5) is 0 Å². The zero-order valence-corrected chi connectivity index (χ0v) is 24.0. The first-order valence-corrected chi connectivity index (χ1v) is 13.5. The largest absolute Gasteiger partial charge is 0.391 e. The maximum absolute atomic E-state index is 14.0. The van der Waals surface area contributed by atoms with Crippen LogP contribution in [0.15, 0.2) is 46.1 Å². The highest BCUT2D eigenvalue weighted by atomic mass is 16.3. The van der Waals surface area contributed by atoms with Crippen LogP contribution in [-0.4, -0.2) is 78.8 Å². The molecule has 0 unspecified atom stereocenters. The summed E-state index contributed by atoms with van der Waals surface area (Å²) in [7, 11) is 0. The fourth-order valence-electron chi connectivity index (χ4n) is 6.66. The summed E-state index contributed by atoms with van der Waals surface area (Å²) in [6.45, 7) is 14.2. The number of nitrogens with one attached hydrogen (secondary N) is 2. The minimum Gasteiger partial charge on any atom is -0.391 e. The van der Waals surface area contributed by atoms with Crippen molar-refractivity contribution in [2.75, 3.05) is 0 Å². The van der Waals surface area contributed by atoms with Crippen LogP contribution in [0.5, 0.6) is 0 Å². The van der Waals surface area contributed by atoms with Crippen molar-refractivity contribution in [3.8, 4) is 0 Å². The van der Waals surface area contributed by atoms with Crippen molar-refractivity contribution in [1.29, 1.82) is 0 Å². The van der Waals surface area contributed by atoms with E-state index in [0.29, 0.717) is 0 Å². The number of hydrogen-bond acceptors (Lipinski definition) is 8. The smallest absolute Gasteiger partial charge is 0.249 e. The third-order valence-electron chi connectivity index (χ3n) is 8.46. The Bertz CT molecular complexity index is 1170. The quantitative estimate of drug-likeness (QED) is 0.372. The maximum atomic E-state index is 14.0. The van der Waals surface area contributed by atoms with E-state index in [-0.39, 0.29) is 53.6 Å². The summed E-state index contributed by atoms with van der Waals surface area (Å²) in [6.07, 6.45) is 1.56. The van der Waals surface area contributed by atoms with Crippen LogP contribution in [0, 0.1) is 0 Å². The van der Waals surface area contributed by atoms with Crippen LogP contribution in [0.3, 0.4) is 0 Å². The predicted molar refractivity (Wildman–Crippen MR) is 144 cm³/mol. The topological polar surface area (TPSA) is 139 Å². The highest BCUT2D eigenvalue weighted by Gasteiger charge is 2.61. The molecule has 0 aromatic rings. The van der Waals surface area contributed by atoms with Gasteiger partial charge in [-0.3, -0.25) is 19.2 Å².